The Hall–Kier alpha value is -3.07. The minimum atomic E-state index is -0.681. The largest absolute Gasteiger partial charge is 0.490 e. The Labute approximate surface area is 134 Å². The van der Waals surface area contributed by atoms with E-state index in [0.29, 0.717) is 16.9 Å². The monoisotopic (exact) mass is 315 g/mol. The SMILES string of the molecule is [C-]#[N+]/C(=C\c1ccc(OCCOC(=O)C(=C)C)cc1)C(=O)OC. The van der Waals surface area contributed by atoms with Crippen LogP contribution in [-0.2, 0) is 19.1 Å². The summed E-state index contributed by atoms with van der Waals surface area (Å²) in [5.41, 5.74) is 0.901. The predicted octanol–water partition coefficient (Wildman–Crippen LogP) is 2.62. The van der Waals surface area contributed by atoms with Gasteiger partial charge >= 0.3 is 11.9 Å². The van der Waals surface area contributed by atoms with E-state index in [-0.39, 0.29) is 18.9 Å². The number of hydrogen-bond donors (Lipinski definition) is 0. The van der Waals surface area contributed by atoms with E-state index < -0.39 is 11.9 Å². The minimum absolute atomic E-state index is 0.104. The fraction of sp³-hybridized carbons (Fsp3) is 0.235. The summed E-state index contributed by atoms with van der Waals surface area (Å²) in [4.78, 5) is 25.6. The molecule has 0 aliphatic rings. The number of esters is 2. The maximum atomic E-state index is 11.3. The van der Waals surface area contributed by atoms with Crippen LogP contribution in [0, 0.1) is 6.57 Å². The molecule has 0 spiro atoms. The molecular formula is C17H17NO5. The maximum absolute atomic E-state index is 11.3. The molecule has 6 nitrogen and oxygen atoms in total. The van der Waals surface area contributed by atoms with E-state index in [1.165, 1.54) is 13.2 Å². The molecule has 0 unspecified atom stereocenters. The van der Waals surface area contributed by atoms with E-state index in [4.69, 9.17) is 16.0 Å². The second-order valence-electron chi connectivity index (χ2n) is 4.47. The van der Waals surface area contributed by atoms with Gasteiger partial charge in [-0.2, -0.15) is 0 Å². The molecule has 0 aliphatic heterocycles. The molecule has 23 heavy (non-hydrogen) atoms. The van der Waals surface area contributed by atoms with Gasteiger partial charge in [-0.15, -0.1) is 0 Å². The van der Waals surface area contributed by atoms with Gasteiger partial charge in [0.1, 0.15) is 19.0 Å². The number of benzene rings is 1. The van der Waals surface area contributed by atoms with Crippen molar-refractivity contribution in [3.63, 3.8) is 0 Å². The lowest BCUT2D eigenvalue weighted by molar-refractivity contribution is -0.139. The van der Waals surface area contributed by atoms with Crippen molar-refractivity contribution >= 4 is 18.0 Å². The van der Waals surface area contributed by atoms with Crippen LogP contribution in [0.2, 0.25) is 0 Å². The first-order chi connectivity index (χ1) is 11.0. The second kappa shape index (κ2) is 9.05. The quantitative estimate of drug-likeness (QED) is 0.335. The van der Waals surface area contributed by atoms with Gasteiger partial charge in [-0.1, -0.05) is 18.7 Å². The van der Waals surface area contributed by atoms with Crippen LogP contribution in [0.5, 0.6) is 5.75 Å². The Kier molecular flexibility index (Phi) is 7.08. The van der Waals surface area contributed by atoms with Crippen molar-refractivity contribution in [1.29, 1.82) is 0 Å². The Morgan fingerprint density at radius 2 is 1.87 bits per heavy atom. The molecule has 0 radical (unpaired) electrons. The standard InChI is InChI=1S/C17H17NO5/c1-12(2)16(19)23-10-9-22-14-7-5-13(6-8-14)11-15(18-3)17(20)21-4/h5-8,11H,1,9-10H2,2,4H3/b15-11-. The van der Waals surface area contributed by atoms with Crippen molar-refractivity contribution in [3.8, 4) is 5.75 Å². The molecule has 0 N–H and O–H groups in total. The molecule has 0 fully saturated rings. The molecule has 0 amide bonds. The molecule has 1 aromatic rings. The van der Waals surface area contributed by atoms with Crippen molar-refractivity contribution in [2.45, 2.75) is 6.92 Å². The van der Waals surface area contributed by atoms with Gasteiger partial charge in [-0.3, -0.25) is 4.79 Å². The van der Waals surface area contributed by atoms with Crippen LogP contribution >= 0.6 is 0 Å². The fourth-order valence-electron chi connectivity index (χ4n) is 1.48. The summed E-state index contributed by atoms with van der Waals surface area (Å²) in [6.45, 7) is 12.3. The Balaban J connectivity index is 2.55. The van der Waals surface area contributed by atoms with Gasteiger partial charge in [0.25, 0.3) is 5.70 Å². The zero-order chi connectivity index (χ0) is 17.2. The average molecular weight is 315 g/mol. The van der Waals surface area contributed by atoms with Gasteiger partial charge in [0.05, 0.1) is 13.7 Å². The van der Waals surface area contributed by atoms with Crippen LogP contribution in [0.3, 0.4) is 0 Å². The lowest BCUT2D eigenvalue weighted by Gasteiger charge is -2.07. The maximum Gasteiger partial charge on any atom is 0.336 e. The number of carbonyl (C=O) groups excluding carboxylic acids is 2. The third kappa shape index (κ3) is 6.06. The zero-order valence-corrected chi connectivity index (χ0v) is 13.0. The van der Waals surface area contributed by atoms with Gasteiger partial charge in [0.15, 0.2) is 0 Å². The first-order valence-electron chi connectivity index (χ1n) is 6.71. The van der Waals surface area contributed by atoms with Crippen LogP contribution < -0.4 is 4.74 Å². The van der Waals surface area contributed by atoms with Gasteiger partial charge in [-0.25, -0.2) is 9.64 Å². The van der Waals surface area contributed by atoms with Gasteiger partial charge in [0.2, 0.25) is 0 Å². The Morgan fingerprint density at radius 1 is 1.22 bits per heavy atom. The summed E-state index contributed by atoms with van der Waals surface area (Å²) in [7, 11) is 1.22. The van der Waals surface area contributed by atoms with Crippen molar-refractivity contribution < 1.29 is 23.8 Å². The van der Waals surface area contributed by atoms with Crippen LogP contribution in [0.1, 0.15) is 12.5 Å². The second-order valence-corrected chi connectivity index (χ2v) is 4.47. The molecule has 0 saturated carbocycles. The van der Waals surface area contributed by atoms with Crippen molar-refractivity contribution in [2.75, 3.05) is 20.3 Å². The number of carbonyl (C=O) groups is 2. The molecule has 0 heterocycles. The minimum Gasteiger partial charge on any atom is -0.490 e. The number of ether oxygens (including phenoxy) is 3. The summed E-state index contributed by atoms with van der Waals surface area (Å²) in [6, 6.07) is 6.77. The van der Waals surface area contributed by atoms with Crippen LogP contribution in [0.25, 0.3) is 10.9 Å². The number of hydrogen-bond acceptors (Lipinski definition) is 5. The molecular weight excluding hydrogens is 298 g/mol. The average Bonchev–Trinajstić information content (AvgIpc) is 2.56. The molecule has 0 saturated heterocycles. The van der Waals surface area contributed by atoms with E-state index >= 15 is 0 Å². The molecule has 0 bridgehead atoms. The van der Waals surface area contributed by atoms with Crippen molar-refractivity contribution in [2.24, 2.45) is 0 Å². The lowest BCUT2D eigenvalue weighted by atomic mass is 10.2. The zero-order valence-electron chi connectivity index (χ0n) is 13.0. The molecule has 120 valence electrons. The predicted molar refractivity (Wildman–Crippen MR) is 84.3 cm³/mol. The summed E-state index contributed by atoms with van der Waals surface area (Å²) < 4.78 is 14.8. The van der Waals surface area contributed by atoms with Gasteiger partial charge in [0, 0.05) is 5.57 Å². The van der Waals surface area contributed by atoms with E-state index in [9.17, 15) is 9.59 Å². The fourth-order valence-corrected chi connectivity index (χ4v) is 1.48. The first-order valence-corrected chi connectivity index (χ1v) is 6.71. The summed E-state index contributed by atoms with van der Waals surface area (Å²) in [6.07, 6.45) is 1.43. The molecule has 0 aliphatic carbocycles. The third-order valence-corrected chi connectivity index (χ3v) is 2.63. The highest BCUT2D eigenvalue weighted by Gasteiger charge is 2.09. The molecule has 1 rings (SSSR count). The Bertz CT molecular complexity index is 653. The van der Waals surface area contributed by atoms with Crippen LogP contribution in [0.4, 0.5) is 0 Å². The molecule has 6 heteroatoms. The Morgan fingerprint density at radius 3 is 2.39 bits per heavy atom. The van der Waals surface area contributed by atoms with Gasteiger partial charge in [-0.05, 0) is 30.7 Å². The molecule has 0 atom stereocenters. The number of nitrogens with zero attached hydrogens (tertiary/aromatic N) is 1. The highest BCUT2D eigenvalue weighted by Crippen LogP contribution is 2.15. The summed E-state index contributed by atoms with van der Waals surface area (Å²) in [5.74, 6) is -0.556. The smallest absolute Gasteiger partial charge is 0.336 e. The number of methoxy groups -OCH3 is 1. The van der Waals surface area contributed by atoms with Crippen LogP contribution in [0.15, 0.2) is 42.1 Å². The van der Waals surface area contributed by atoms with E-state index in [1.54, 1.807) is 31.2 Å². The molecule has 1 aromatic carbocycles. The highest BCUT2D eigenvalue weighted by atomic mass is 16.6. The van der Waals surface area contributed by atoms with Gasteiger partial charge < -0.3 is 14.2 Å². The van der Waals surface area contributed by atoms with Crippen molar-refractivity contribution in [1.82, 2.24) is 0 Å². The highest BCUT2D eigenvalue weighted by molar-refractivity contribution is 5.95. The topological polar surface area (TPSA) is 66.2 Å². The first kappa shape index (κ1) is 18.0. The number of rotatable bonds is 7. The van der Waals surface area contributed by atoms with E-state index in [0.717, 1.165) is 0 Å². The van der Waals surface area contributed by atoms with Crippen LogP contribution in [-0.4, -0.2) is 32.3 Å². The third-order valence-electron chi connectivity index (χ3n) is 2.63. The lowest BCUT2D eigenvalue weighted by Crippen LogP contribution is -2.12. The summed E-state index contributed by atoms with van der Waals surface area (Å²) in [5, 5.41) is 0. The van der Waals surface area contributed by atoms with E-state index in [2.05, 4.69) is 16.2 Å². The van der Waals surface area contributed by atoms with E-state index in [1.807, 2.05) is 0 Å². The van der Waals surface area contributed by atoms with Crippen molar-refractivity contribution in [3.05, 3.63) is 59.1 Å². The summed E-state index contributed by atoms with van der Waals surface area (Å²) >= 11 is 0. The normalized spacial score (nSPS) is 10.4. The molecule has 0 aromatic heterocycles.